The van der Waals surface area contributed by atoms with E-state index < -0.39 is 4.92 Å². The third-order valence-corrected chi connectivity index (χ3v) is 3.97. The largest absolute Gasteiger partial charge is 0.297 e. The molecule has 0 saturated carbocycles. The third kappa shape index (κ3) is 4.12. The second kappa shape index (κ2) is 7.15. The van der Waals surface area contributed by atoms with Crippen molar-refractivity contribution in [3.05, 3.63) is 57.6 Å². The lowest BCUT2D eigenvalue weighted by atomic mass is 10.3. The maximum Gasteiger partial charge on any atom is 0.284 e. The Labute approximate surface area is 136 Å². The van der Waals surface area contributed by atoms with Gasteiger partial charge in [-0.05, 0) is 24.3 Å². The van der Waals surface area contributed by atoms with Crippen LogP contribution in [0.3, 0.4) is 0 Å². The summed E-state index contributed by atoms with van der Waals surface area (Å²) in [5.74, 6) is -0.239. The molecule has 0 atom stereocenters. The highest BCUT2D eigenvalue weighted by Gasteiger charge is 2.16. The summed E-state index contributed by atoms with van der Waals surface area (Å²) in [5, 5.41) is 11.4. The molecule has 0 radical (unpaired) electrons. The average Bonchev–Trinajstić information content (AvgIpc) is 2.48. The van der Waals surface area contributed by atoms with E-state index in [1.54, 1.807) is 30.3 Å². The highest BCUT2D eigenvalue weighted by molar-refractivity contribution is 7.99. The minimum absolute atomic E-state index is 0.0631. The maximum atomic E-state index is 11.1. The number of amides is 1. The predicted molar refractivity (Wildman–Crippen MR) is 86.1 cm³/mol. The summed E-state index contributed by atoms with van der Waals surface area (Å²) >= 11 is 7.02. The first-order valence-corrected chi connectivity index (χ1v) is 7.40. The van der Waals surface area contributed by atoms with Crippen LogP contribution in [0, 0.1) is 10.1 Å². The van der Waals surface area contributed by atoms with Crippen molar-refractivity contribution in [2.45, 2.75) is 16.7 Å². The van der Waals surface area contributed by atoms with E-state index in [-0.39, 0.29) is 11.6 Å². The van der Waals surface area contributed by atoms with Crippen molar-refractivity contribution in [3.63, 3.8) is 0 Å². The van der Waals surface area contributed by atoms with Crippen molar-refractivity contribution in [3.8, 4) is 0 Å². The van der Waals surface area contributed by atoms with Gasteiger partial charge in [-0.1, -0.05) is 35.5 Å². The summed E-state index contributed by atoms with van der Waals surface area (Å²) in [6.45, 7) is 1.38. The molecule has 22 heavy (non-hydrogen) atoms. The topological polar surface area (TPSA) is 84.3 Å². The van der Waals surface area contributed by atoms with Gasteiger partial charge in [0.25, 0.3) is 5.69 Å². The molecule has 2 aromatic carbocycles. The summed E-state index contributed by atoms with van der Waals surface area (Å²) < 4.78 is 0. The normalized spacial score (nSPS) is 10.1. The van der Waals surface area contributed by atoms with Crippen LogP contribution in [0.2, 0.25) is 5.02 Å². The molecule has 0 aliphatic rings. The second-order valence-corrected chi connectivity index (χ2v) is 5.79. The van der Waals surface area contributed by atoms with E-state index in [9.17, 15) is 14.9 Å². The number of rotatable bonds is 5. The fourth-order valence-corrected chi connectivity index (χ4v) is 2.81. The van der Waals surface area contributed by atoms with Gasteiger partial charge in [0.1, 0.15) is 0 Å². The molecular formula is C14H12ClN3O3S. The molecule has 114 valence electrons. The van der Waals surface area contributed by atoms with Crippen LogP contribution in [-0.4, -0.2) is 10.8 Å². The van der Waals surface area contributed by atoms with Gasteiger partial charge in [-0.25, -0.2) is 0 Å². The molecular weight excluding hydrogens is 326 g/mol. The third-order valence-electron chi connectivity index (χ3n) is 2.60. The van der Waals surface area contributed by atoms with Gasteiger partial charge in [0.05, 0.1) is 15.5 Å². The number of nitro benzene ring substituents is 1. The monoisotopic (exact) mass is 337 g/mol. The van der Waals surface area contributed by atoms with E-state index >= 15 is 0 Å². The first-order chi connectivity index (χ1) is 10.5. The standard InChI is InChI=1S/C14H12ClN3O3S/c1-9(19)16-17-11-4-2-3-5-13(11)22-14-7-6-10(15)8-12(14)18(20)21/h2-8,17H,1H3,(H,16,19). The van der Waals surface area contributed by atoms with Gasteiger partial charge in [-0.3, -0.25) is 25.8 Å². The summed E-state index contributed by atoms with van der Waals surface area (Å²) in [5.41, 5.74) is 5.84. The van der Waals surface area contributed by atoms with Crippen LogP contribution >= 0.6 is 23.4 Å². The van der Waals surface area contributed by atoms with Crippen LogP contribution < -0.4 is 10.9 Å². The van der Waals surface area contributed by atoms with E-state index in [2.05, 4.69) is 10.9 Å². The molecule has 0 heterocycles. The van der Waals surface area contributed by atoms with Crippen LogP contribution in [0.25, 0.3) is 0 Å². The summed E-state index contributed by atoms with van der Waals surface area (Å²) in [6, 6.07) is 11.7. The van der Waals surface area contributed by atoms with Gasteiger partial charge in [-0.2, -0.15) is 0 Å². The molecule has 0 bridgehead atoms. The predicted octanol–water partition coefficient (Wildman–Crippen LogP) is 3.86. The van der Waals surface area contributed by atoms with Gasteiger partial charge >= 0.3 is 0 Å². The Kier molecular flexibility index (Phi) is 5.24. The van der Waals surface area contributed by atoms with Gasteiger partial charge in [-0.15, -0.1) is 0 Å². The Balaban J connectivity index is 2.31. The number of para-hydroxylation sites is 1. The number of halogens is 1. The lowest BCUT2D eigenvalue weighted by molar-refractivity contribution is -0.387. The number of hydrazine groups is 1. The molecule has 0 aliphatic heterocycles. The number of carbonyl (C=O) groups is 1. The molecule has 0 fully saturated rings. The number of nitro groups is 1. The molecule has 2 N–H and O–H groups in total. The fraction of sp³-hybridized carbons (Fsp3) is 0.0714. The highest BCUT2D eigenvalue weighted by Crippen LogP contribution is 2.39. The Morgan fingerprint density at radius 1 is 1.23 bits per heavy atom. The zero-order chi connectivity index (χ0) is 16.1. The maximum absolute atomic E-state index is 11.1. The molecule has 0 unspecified atom stereocenters. The van der Waals surface area contributed by atoms with Crippen LogP contribution in [0.15, 0.2) is 52.3 Å². The SMILES string of the molecule is CC(=O)NNc1ccccc1Sc1ccc(Cl)cc1[N+](=O)[O-]. The zero-order valence-electron chi connectivity index (χ0n) is 11.5. The number of nitrogens with zero attached hydrogens (tertiary/aromatic N) is 1. The highest BCUT2D eigenvalue weighted by atomic mass is 35.5. The molecule has 8 heteroatoms. The molecule has 1 amide bonds. The lowest BCUT2D eigenvalue weighted by Gasteiger charge is -2.11. The van der Waals surface area contributed by atoms with Gasteiger partial charge < -0.3 is 0 Å². The summed E-state index contributed by atoms with van der Waals surface area (Å²) in [4.78, 5) is 22.8. The Bertz CT molecular complexity index is 724. The van der Waals surface area contributed by atoms with E-state index in [1.807, 2.05) is 6.07 Å². The Hall–Kier alpha value is -2.25. The van der Waals surface area contributed by atoms with E-state index in [0.717, 1.165) is 4.90 Å². The van der Waals surface area contributed by atoms with E-state index in [0.29, 0.717) is 15.6 Å². The number of hydrogen-bond acceptors (Lipinski definition) is 5. The van der Waals surface area contributed by atoms with Crippen molar-refractivity contribution in [2.75, 3.05) is 5.43 Å². The van der Waals surface area contributed by atoms with Crippen molar-refractivity contribution >= 4 is 40.6 Å². The first kappa shape index (κ1) is 16.1. The van der Waals surface area contributed by atoms with Gasteiger partial charge in [0.15, 0.2) is 0 Å². The zero-order valence-corrected chi connectivity index (χ0v) is 13.1. The number of benzene rings is 2. The minimum Gasteiger partial charge on any atom is -0.297 e. The summed E-state index contributed by atoms with van der Waals surface area (Å²) in [6.07, 6.45) is 0. The molecule has 0 aromatic heterocycles. The molecule has 2 rings (SSSR count). The number of nitrogens with one attached hydrogen (secondary N) is 2. The van der Waals surface area contributed by atoms with E-state index in [4.69, 9.17) is 11.6 Å². The smallest absolute Gasteiger partial charge is 0.284 e. The van der Waals surface area contributed by atoms with Crippen molar-refractivity contribution < 1.29 is 9.72 Å². The Morgan fingerprint density at radius 2 is 1.95 bits per heavy atom. The minimum atomic E-state index is -0.474. The summed E-state index contributed by atoms with van der Waals surface area (Å²) in [7, 11) is 0. The first-order valence-electron chi connectivity index (χ1n) is 6.21. The average molecular weight is 338 g/mol. The second-order valence-electron chi connectivity index (χ2n) is 4.27. The number of carbonyl (C=O) groups excluding carboxylic acids is 1. The molecule has 0 aliphatic carbocycles. The fourth-order valence-electron chi connectivity index (χ4n) is 1.65. The van der Waals surface area contributed by atoms with Crippen LogP contribution in [0.4, 0.5) is 11.4 Å². The van der Waals surface area contributed by atoms with E-state index in [1.165, 1.54) is 24.8 Å². The van der Waals surface area contributed by atoms with Gasteiger partial charge in [0, 0.05) is 22.9 Å². The molecule has 2 aromatic rings. The molecule has 0 saturated heterocycles. The molecule has 6 nitrogen and oxygen atoms in total. The van der Waals surface area contributed by atoms with Crippen LogP contribution in [0.5, 0.6) is 0 Å². The van der Waals surface area contributed by atoms with Crippen molar-refractivity contribution in [1.29, 1.82) is 0 Å². The molecule has 0 spiro atoms. The van der Waals surface area contributed by atoms with Crippen molar-refractivity contribution in [1.82, 2.24) is 5.43 Å². The van der Waals surface area contributed by atoms with Crippen LogP contribution in [0.1, 0.15) is 6.92 Å². The van der Waals surface area contributed by atoms with Gasteiger partial charge in [0.2, 0.25) is 5.91 Å². The van der Waals surface area contributed by atoms with Crippen LogP contribution in [-0.2, 0) is 4.79 Å². The number of anilines is 1. The Morgan fingerprint density at radius 3 is 2.64 bits per heavy atom. The number of hydrogen-bond donors (Lipinski definition) is 2. The van der Waals surface area contributed by atoms with Crippen molar-refractivity contribution in [2.24, 2.45) is 0 Å². The quantitative estimate of drug-likeness (QED) is 0.639. The lowest BCUT2D eigenvalue weighted by Crippen LogP contribution is -2.26.